The summed E-state index contributed by atoms with van der Waals surface area (Å²) in [6.45, 7) is 0. The molecule has 0 amide bonds. The first-order chi connectivity index (χ1) is 10.2. The Morgan fingerprint density at radius 3 is 2.62 bits per heavy atom. The molecule has 0 saturated heterocycles. The number of hydrogen-bond acceptors (Lipinski definition) is 2. The number of pyridine rings is 1. The number of aromatic nitrogens is 1. The molecule has 0 saturated carbocycles. The molecule has 0 bridgehead atoms. The molecular weight excluding hydrogens is 303 g/mol. The summed E-state index contributed by atoms with van der Waals surface area (Å²) in [5, 5.41) is 5.77. The first-order valence-electron chi connectivity index (χ1n) is 6.66. The Kier molecular flexibility index (Phi) is 4.11. The maximum Gasteiger partial charge on any atom is 0.0753 e. The summed E-state index contributed by atoms with van der Waals surface area (Å²) in [6.07, 6.45) is 1.80. The second-order valence-electron chi connectivity index (χ2n) is 4.81. The number of nitrogens with zero attached hydrogens (tertiary/aromatic N) is 1. The van der Waals surface area contributed by atoms with Gasteiger partial charge in [0.05, 0.1) is 11.6 Å². The van der Waals surface area contributed by atoms with Crippen molar-refractivity contribution in [1.82, 2.24) is 10.3 Å². The standard InChI is InChI=1S/C17H14Cl2N2/c1-20-17(14-10-12(18)7-8-15(14)19)13-6-2-4-11-5-3-9-21-16(11)13/h2-10,17,20H,1H3. The quantitative estimate of drug-likeness (QED) is 0.747. The molecule has 0 aliphatic rings. The minimum absolute atomic E-state index is 0.0604. The molecular formula is C17H14Cl2N2. The Bertz CT molecular complexity index is 781. The van der Waals surface area contributed by atoms with Crippen LogP contribution in [0.5, 0.6) is 0 Å². The number of benzene rings is 2. The Morgan fingerprint density at radius 2 is 1.81 bits per heavy atom. The van der Waals surface area contributed by atoms with Crippen LogP contribution < -0.4 is 5.32 Å². The van der Waals surface area contributed by atoms with Gasteiger partial charge in [0.2, 0.25) is 0 Å². The van der Waals surface area contributed by atoms with Gasteiger partial charge in [-0.1, -0.05) is 47.5 Å². The second-order valence-corrected chi connectivity index (χ2v) is 5.65. The highest BCUT2D eigenvalue weighted by Crippen LogP contribution is 2.33. The van der Waals surface area contributed by atoms with Crippen LogP contribution in [0.25, 0.3) is 10.9 Å². The van der Waals surface area contributed by atoms with E-state index in [-0.39, 0.29) is 6.04 Å². The van der Waals surface area contributed by atoms with Crippen molar-refractivity contribution in [1.29, 1.82) is 0 Å². The minimum Gasteiger partial charge on any atom is -0.309 e. The lowest BCUT2D eigenvalue weighted by molar-refractivity contribution is 0.696. The molecule has 1 heterocycles. The SMILES string of the molecule is CNC(c1cc(Cl)ccc1Cl)c1cccc2cccnc12. The van der Waals surface area contributed by atoms with Crippen LogP contribution in [0.2, 0.25) is 10.0 Å². The normalized spacial score (nSPS) is 12.5. The zero-order valence-electron chi connectivity index (χ0n) is 11.5. The van der Waals surface area contributed by atoms with Crippen molar-refractivity contribution in [2.75, 3.05) is 7.05 Å². The van der Waals surface area contributed by atoms with Crippen molar-refractivity contribution >= 4 is 34.1 Å². The largest absolute Gasteiger partial charge is 0.309 e. The molecule has 1 aromatic heterocycles. The summed E-state index contributed by atoms with van der Waals surface area (Å²) in [5.41, 5.74) is 3.00. The Labute approximate surface area is 133 Å². The van der Waals surface area contributed by atoms with E-state index in [4.69, 9.17) is 23.2 Å². The topological polar surface area (TPSA) is 24.9 Å². The van der Waals surface area contributed by atoms with Crippen molar-refractivity contribution < 1.29 is 0 Å². The first-order valence-corrected chi connectivity index (χ1v) is 7.42. The van der Waals surface area contributed by atoms with Crippen LogP contribution in [0, 0.1) is 0 Å². The highest BCUT2D eigenvalue weighted by Gasteiger charge is 2.18. The lowest BCUT2D eigenvalue weighted by Gasteiger charge is -2.20. The average Bonchev–Trinajstić information content (AvgIpc) is 2.51. The molecule has 0 aliphatic heterocycles. The van der Waals surface area contributed by atoms with E-state index in [1.165, 1.54) is 0 Å². The number of rotatable bonds is 3. The van der Waals surface area contributed by atoms with Crippen LogP contribution in [-0.2, 0) is 0 Å². The van der Waals surface area contributed by atoms with Gasteiger partial charge < -0.3 is 5.32 Å². The molecule has 3 aromatic rings. The van der Waals surface area contributed by atoms with Gasteiger partial charge in [-0.15, -0.1) is 0 Å². The average molecular weight is 317 g/mol. The van der Waals surface area contributed by atoms with Gasteiger partial charge in [0.15, 0.2) is 0 Å². The first kappa shape index (κ1) is 14.3. The molecule has 0 fully saturated rings. The number of fused-ring (bicyclic) bond motifs is 1. The van der Waals surface area contributed by atoms with Crippen LogP contribution >= 0.6 is 23.2 Å². The van der Waals surface area contributed by atoms with E-state index in [9.17, 15) is 0 Å². The van der Waals surface area contributed by atoms with Gasteiger partial charge in [-0.2, -0.15) is 0 Å². The Balaban J connectivity index is 2.21. The van der Waals surface area contributed by atoms with Crippen molar-refractivity contribution in [3.05, 3.63) is 75.9 Å². The fourth-order valence-electron chi connectivity index (χ4n) is 2.58. The van der Waals surface area contributed by atoms with Gasteiger partial charge in [-0.3, -0.25) is 4.98 Å². The molecule has 2 nitrogen and oxygen atoms in total. The maximum atomic E-state index is 6.35. The van der Waals surface area contributed by atoms with E-state index in [0.29, 0.717) is 10.0 Å². The fourth-order valence-corrected chi connectivity index (χ4v) is 2.98. The zero-order chi connectivity index (χ0) is 14.8. The number of nitrogens with one attached hydrogen (secondary N) is 1. The molecule has 3 rings (SSSR count). The monoisotopic (exact) mass is 316 g/mol. The van der Waals surface area contributed by atoms with E-state index < -0.39 is 0 Å². The molecule has 106 valence electrons. The summed E-state index contributed by atoms with van der Waals surface area (Å²) in [6, 6.07) is 15.6. The predicted octanol–water partition coefficient (Wildman–Crippen LogP) is 4.85. The second kappa shape index (κ2) is 6.02. The van der Waals surface area contributed by atoms with Crippen molar-refractivity contribution in [2.45, 2.75) is 6.04 Å². The fraction of sp³-hybridized carbons (Fsp3) is 0.118. The van der Waals surface area contributed by atoms with E-state index in [1.807, 2.05) is 31.3 Å². The molecule has 1 atom stereocenters. The van der Waals surface area contributed by atoms with E-state index >= 15 is 0 Å². The van der Waals surface area contributed by atoms with E-state index in [0.717, 1.165) is 22.0 Å². The van der Waals surface area contributed by atoms with Crippen LogP contribution in [0.1, 0.15) is 17.2 Å². The molecule has 1 N–H and O–H groups in total. The number of para-hydroxylation sites is 1. The molecule has 2 aromatic carbocycles. The van der Waals surface area contributed by atoms with Crippen molar-refractivity contribution in [3.63, 3.8) is 0 Å². The minimum atomic E-state index is -0.0604. The van der Waals surface area contributed by atoms with Gasteiger partial charge >= 0.3 is 0 Å². The Hall–Kier alpha value is -1.61. The number of halogens is 2. The summed E-state index contributed by atoms with van der Waals surface area (Å²) >= 11 is 12.5. The molecule has 0 spiro atoms. The summed E-state index contributed by atoms with van der Waals surface area (Å²) in [4.78, 5) is 4.51. The molecule has 0 radical (unpaired) electrons. The predicted molar refractivity (Wildman–Crippen MR) is 89.1 cm³/mol. The zero-order valence-corrected chi connectivity index (χ0v) is 13.0. The van der Waals surface area contributed by atoms with Crippen LogP contribution in [0.3, 0.4) is 0 Å². The molecule has 0 aliphatic carbocycles. The third-order valence-electron chi connectivity index (χ3n) is 3.53. The molecule has 1 unspecified atom stereocenters. The lowest BCUT2D eigenvalue weighted by Crippen LogP contribution is -2.18. The highest BCUT2D eigenvalue weighted by molar-refractivity contribution is 6.33. The van der Waals surface area contributed by atoms with E-state index in [2.05, 4.69) is 28.5 Å². The van der Waals surface area contributed by atoms with Gasteiger partial charge in [0, 0.05) is 21.6 Å². The van der Waals surface area contributed by atoms with Crippen molar-refractivity contribution in [2.24, 2.45) is 0 Å². The van der Waals surface area contributed by atoms with Crippen molar-refractivity contribution in [3.8, 4) is 0 Å². The summed E-state index contributed by atoms with van der Waals surface area (Å²) in [5.74, 6) is 0. The van der Waals surface area contributed by atoms with Crippen LogP contribution in [0.4, 0.5) is 0 Å². The third-order valence-corrected chi connectivity index (χ3v) is 4.11. The maximum absolute atomic E-state index is 6.35. The molecule has 21 heavy (non-hydrogen) atoms. The van der Waals surface area contributed by atoms with Gasteiger partial charge in [0.1, 0.15) is 0 Å². The smallest absolute Gasteiger partial charge is 0.0753 e. The lowest BCUT2D eigenvalue weighted by atomic mass is 9.96. The van der Waals surface area contributed by atoms with Crippen LogP contribution in [-0.4, -0.2) is 12.0 Å². The van der Waals surface area contributed by atoms with Crippen LogP contribution in [0.15, 0.2) is 54.7 Å². The summed E-state index contributed by atoms with van der Waals surface area (Å²) < 4.78 is 0. The molecule has 4 heteroatoms. The third kappa shape index (κ3) is 2.75. The Morgan fingerprint density at radius 1 is 1.00 bits per heavy atom. The summed E-state index contributed by atoms with van der Waals surface area (Å²) in [7, 11) is 1.91. The van der Waals surface area contributed by atoms with Gasteiger partial charge in [0.25, 0.3) is 0 Å². The van der Waals surface area contributed by atoms with E-state index in [1.54, 1.807) is 12.3 Å². The highest BCUT2D eigenvalue weighted by atomic mass is 35.5. The van der Waals surface area contributed by atoms with Gasteiger partial charge in [-0.05, 0) is 42.4 Å². The van der Waals surface area contributed by atoms with Gasteiger partial charge in [-0.25, -0.2) is 0 Å². The number of hydrogen-bond donors (Lipinski definition) is 1.